The van der Waals surface area contributed by atoms with E-state index in [0.717, 1.165) is 43.5 Å². The van der Waals surface area contributed by atoms with Gasteiger partial charge < -0.3 is 0 Å². The Labute approximate surface area is 196 Å². The Hall–Kier alpha value is -2.93. The summed E-state index contributed by atoms with van der Waals surface area (Å²) in [7, 11) is -6.96. The third-order valence-corrected chi connectivity index (χ3v) is 10.8. The van der Waals surface area contributed by atoms with Gasteiger partial charge in [-0.1, -0.05) is 54.1 Å². The van der Waals surface area contributed by atoms with E-state index in [4.69, 9.17) is 3.63 Å². The van der Waals surface area contributed by atoms with Crippen molar-refractivity contribution in [2.45, 2.75) is 40.4 Å². The Morgan fingerprint density at radius 1 is 0.636 bits per heavy atom. The molecule has 0 radical (unpaired) electrons. The van der Waals surface area contributed by atoms with E-state index in [0.29, 0.717) is 0 Å². The first-order valence-electron chi connectivity index (χ1n) is 10.5. The van der Waals surface area contributed by atoms with Crippen molar-refractivity contribution in [3.8, 4) is 0 Å². The van der Waals surface area contributed by atoms with E-state index in [1.807, 2.05) is 93.6 Å². The van der Waals surface area contributed by atoms with Crippen LogP contribution in [0.1, 0.15) is 16.7 Å². The first-order valence-corrected chi connectivity index (χ1v) is 13.4. The maximum absolute atomic E-state index is 13.6. The van der Waals surface area contributed by atoms with Gasteiger partial charge in [0.25, 0.3) is 0 Å². The summed E-state index contributed by atoms with van der Waals surface area (Å²) in [5.74, 6) is -0.510. The second-order valence-corrected chi connectivity index (χ2v) is 12.3. The van der Waals surface area contributed by atoms with Crippen molar-refractivity contribution in [3.63, 3.8) is 0 Å². The molecule has 0 aliphatic heterocycles. The minimum atomic E-state index is -4.25. The molecule has 0 fully saturated rings. The molecule has 6 heteroatoms. The third kappa shape index (κ3) is 4.47. The van der Waals surface area contributed by atoms with Crippen molar-refractivity contribution in [3.05, 3.63) is 120 Å². The third-order valence-electron chi connectivity index (χ3n) is 5.34. The van der Waals surface area contributed by atoms with Crippen molar-refractivity contribution in [1.29, 1.82) is 0 Å². The number of benzene rings is 4. The highest BCUT2D eigenvalue weighted by molar-refractivity contribution is 8.33. The predicted molar refractivity (Wildman–Crippen MR) is 131 cm³/mol. The number of hydrogen-bond donors (Lipinski definition) is 0. The minimum Gasteiger partial charge on any atom is -0.207 e. The molecule has 0 aliphatic carbocycles. The second kappa shape index (κ2) is 9.14. The van der Waals surface area contributed by atoms with Crippen LogP contribution in [-0.2, 0) is 13.7 Å². The standard InChI is InChI=1S/C27H25FO3S2/c1-20-18-21(2)27(22(3)19-20)32(24-10-6-4-7-11-24,25-12-8-5-9-13-25)31-33(29,30)26-16-14-23(28)15-17-26/h4-19H,1-3H3. The van der Waals surface area contributed by atoms with Gasteiger partial charge >= 0.3 is 10.1 Å². The predicted octanol–water partition coefficient (Wildman–Crippen LogP) is 7.35. The fourth-order valence-electron chi connectivity index (χ4n) is 4.10. The van der Waals surface area contributed by atoms with Crippen LogP contribution in [0.2, 0.25) is 0 Å². The van der Waals surface area contributed by atoms with Crippen LogP contribution < -0.4 is 0 Å². The van der Waals surface area contributed by atoms with E-state index >= 15 is 0 Å². The van der Waals surface area contributed by atoms with Gasteiger partial charge in [0.2, 0.25) is 0 Å². The van der Waals surface area contributed by atoms with Crippen LogP contribution in [0.3, 0.4) is 0 Å². The lowest BCUT2D eigenvalue weighted by atomic mass is 10.1. The van der Waals surface area contributed by atoms with E-state index in [9.17, 15) is 12.8 Å². The van der Waals surface area contributed by atoms with E-state index in [2.05, 4.69) is 0 Å². The molecule has 4 rings (SSSR count). The zero-order valence-corrected chi connectivity index (χ0v) is 20.3. The Kier molecular flexibility index (Phi) is 6.43. The van der Waals surface area contributed by atoms with Gasteiger partial charge in [0.1, 0.15) is 5.82 Å². The molecule has 170 valence electrons. The molecule has 0 spiro atoms. The van der Waals surface area contributed by atoms with Gasteiger partial charge in [0.15, 0.2) is 0 Å². The summed E-state index contributed by atoms with van der Waals surface area (Å²) in [6, 6.07) is 27.7. The van der Waals surface area contributed by atoms with E-state index < -0.39 is 26.2 Å². The molecule has 3 nitrogen and oxygen atoms in total. The van der Waals surface area contributed by atoms with E-state index in [1.165, 1.54) is 12.1 Å². The highest BCUT2D eigenvalue weighted by Gasteiger charge is 2.40. The van der Waals surface area contributed by atoms with Crippen LogP contribution in [0.4, 0.5) is 4.39 Å². The Morgan fingerprint density at radius 3 is 1.55 bits per heavy atom. The highest BCUT2D eigenvalue weighted by Crippen LogP contribution is 2.71. The van der Waals surface area contributed by atoms with Gasteiger partial charge in [0, 0.05) is 14.7 Å². The van der Waals surface area contributed by atoms with Crippen LogP contribution in [0.25, 0.3) is 0 Å². The quantitative estimate of drug-likeness (QED) is 0.290. The maximum Gasteiger partial charge on any atom is 0.307 e. The van der Waals surface area contributed by atoms with Crippen LogP contribution >= 0.6 is 10.3 Å². The number of aryl methyl sites for hydroxylation is 3. The fourth-order valence-corrected chi connectivity index (χ4v) is 9.71. The molecule has 0 N–H and O–H groups in total. The summed E-state index contributed by atoms with van der Waals surface area (Å²) in [6.07, 6.45) is 0. The van der Waals surface area contributed by atoms with Crippen LogP contribution in [0.15, 0.2) is 117 Å². The second-order valence-electron chi connectivity index (χ2n) is 7.89. The molecule has 0 aromatic heterocycles. The summed E-state index contributed by atoms with van der Waals surface area (Å²) >= 11 is 0. The number of halogens is 1. The lowest BCUT2D eigenvalue weighted by molar-refractivity contribution is 0.507. The maximum atomic E-state index is 13.6. The van der Waals surface area contributed by atoms with Gasteiger partial charge in [-0.05, 0) is 90.7 Å². The van der Waals surface area contributed by atoms with Crippen LogP contribution in [-0.4, -0.2) is 8.42 Å². The van der Waals surface area contributed by atoms with Gasteiger partial charge in [-0.3, -0.25) is 0 Å². The Bertz CT molecular complexity index is 1310. The van der Waals surface area contributed by atoms with E-state index in [-0.39, 0.29) is 4.90 Å². The molecule has 0 atom stereocenters. The smallest absolute Gasteiger partial charge is 0.207 e. The summed E-state index contributed by atoms with van der Waals surface area (Å²) in [5, 5.41) is 0. The molecule has 33 heavy (non-hydrogen) atoms. The molecule has 0 amide bonds. The lowest BCUT2D eigenvalue weighted by Crippen LogP contribution is -2.16. The molecular weight excluding hydrogens is 455 g/mol. The average molecular weight is 481 g/mol. The van der Waals surface area contributed by atoms with Crippen LogP contribution in [0, 0.1) is 26.6 Å². The molecule has 0 bridgehead atoms. The summed E-state index contributed by atoms with van der Waals surface area (Å²) in [6.45, 7) is 5.98. The largest absolute Gasteiger partial charge is 0.307 e. The zero-order chi connectivity index (χ0) is 23.6. The SMILES string of the molecule is Cc1cc(C)c(S(OS(=O)(=O)c2ccc(F)cc2)(c2ccccc2)c2ccccc2)c(C)c1. The summed E-state index contributed by atoms with van der Waals surface area (Å²) in [4.78, 5) is 2.28. The van der Waals surface area contributed by atoms with Crippen molar-refractivity contribution < 1.29 is 16.4 Å². The highest BCUT2D eigenvalue weighted by atomic mass is 32.3. The van der Waals surface area contributed by atoms with Crippen molar-refractivity contribution in [2.75, 3.05) is 0 Å². The van der Waals surface area contributed by atoms with Crippen molar-refractivity contribution >= 4 is 20.4 Å². The molecule has 0 unspecified atom stereocenters. The number of hydrogen-bond acceptors (Lipinski definition) is 3. The number of rotatable bonds is 6. The topological polar surface area (TPSA) is 43.4 Å². The normalized spacial score (nSPS) is 12.5. The first kappa shape index (κ1) is 23.2. The minimum absolute atomic E-state index is 0.0879. The molecular formula is C27H25FO3S2. The summed E-state index contributed by atoms with van der Waals surface area (Å²) in [5.41, 5.74) is 2.98. The lowest BCUT2D eigenvalue weighted by Gasteiger charge is -2.41. The molecule has 4 aromatic carbocycles. The monoisotopic (exact) mass is 480 g/mol. The molecule has 4 aromatic rings. The Balaban J connectivity index is 2.08. The van der Waals surface area contributed by atoms with Gasteiger partial charge in [-0.2, -0.15) is 8.42 Å². The molecule has 0 heterocycles. The molecule has 0 saturated heterocycles. The summed E-state index contributed by atoms with van der Waals surface area (Å²) < 4.78 is 47.2. The van der Waals surface area contributed by atoms with Gasteiger partial charge in [0.05, 0.1) is 4.90 Å². The zero-order valence-electron chi connectivity index (χ0n) is 18.7. The Morgan fingerprint density at radius 2 is 1.09 bits per heavy atom. The molecule has 0 saturated carbocycles. The van der Waals surface area contributed by atoms with Gasteiger partial charge in [-0.15, -0.1) is 0 Å². The van der Waals surface area contributed by atoms with Crippen molar-refractivity contribution in [1.82, 2.24) is 0 Å². The fraction of sp³-hybridized carbons (Fsp3) is 0.111. The van der Waals surface area contributed by atoms with Crippen molar-refractivity contribution in [2.24, 2.45) is 0 Å². The van der Waals surface area contributed by atoms with E-state index in [1.54, 1.807) is 0 Å². The molecule has 0 aliphatic rings. The van der Waals surface area contributed by atoms with Gasteiger partial charge in [-0.25, -0.2) is 8.02 Å². The van der Waals surface area contributed by atoms with Crippen LogP contribution in [0.5, 0.6) is 0 Å². The average Bonchev–Trinajstić information content (AvgIpc) is 2.79. The first-order chi connectivity index (χ1) is 15.7.